The molecule has 3 heterocycles. The summed E-state index contributed by atoms with van der Waals surface area (Å²) in [7, 11) is 0. The lowest BCUT2D eigenvalue weighted by molar-refractivity contribution is -0.356. The second-order valence-corrected chi connectivity index (χ2v) is 8.58. The zero-order valence-electron chi connectivity index (χ0n) is 18.7. The molecule has 10 N–H and O–H groups in total. The molecule has 3 aliphatic heterocycles. The largest absolute Gasteiger partial charge is 0.394 e. The number of nitrogens with one attached hydrogen (secondary N) is 1. The molecule has 0 spiro atoms. The van der Waals surface area contributed by atoms with Crippen molar-refractivity contribution in [1.29, 1.82) is 0 Å². The minimum Gasteiger partial charge on any atom is -0.394 e. The predicted molar refractivity (Wildman–Crippen MR) is 107 cm³/mol. The third kappa shape index (κ3) is 5.91. The van der Waals surface area contributed by atoms with Gasteiger partial charge in [-0.25, -0.2) is 0 Å². The average Bonchev–Trinajstić information content (AvgIpc) is 3.10. The first kappa shape index (κ1) is 28.5. The van der Waals surface area contributed by atoms with Crippen molar-refractivity contribution in [2.45, 2.75) is 92.9 Å². The second kappa shape index (κ2) is 12.0. The Balaban J connectivity index is 1.75. The Hall–Kier alpha value is -1.09. The fourth-order valence-corrected chi connectivity index (χ4v) is 4.26. The molecule has 0 aromatic heterocycles. The minimum absolute atomic E-state index is 0.619. The predicted octanol–water partition coefficient (Wildman–Crippen LogP) is -6.79. The summed E-state index contributed by atoms with van der Waals surface area (Å²) >= 11 is 0. The lowest BCUT2D eigenvalue weighted by Crippen LogP contribution is -2.68. The minimum atomic E-state index is -1.88. The second-order valence-electron chi connectivity index (χ2n) is 8.58. The highest BCUT2D eigenvalue weighted by Gasteiger charge is 2.53. The molecular formula is C19H33NO15. The summed E-state index contributed by atoms with van der Waals surface area (Å²) in [5.41, 5.74) is 0. The number of rotatable bonds is 8. The van der Waals surface area contributed by atoms with Crippen molar-refractivity contribution >= 4 is 5.91 Å². The maximum absolute atomic E-state index is 11.6. The van der Waals surface area contributed by atoms with Gasteiger partial charge in [0, 0.05) is 6.92 Å². The van der Waals surface area contributed by atoms with E-state index in [1.807, 2.05) is 0 Å². The Labute approximate surface area is 199 Å². The van der Waals surface area contributed by atoms with Crippen molar-refractivity contribution in [3.8, 4) is 0 Å². The molecule has 0 unspecified atom stereocenters. The van der Waals surface area contributed by atoms with E-state index in [-0.39, 0.29) is 0 Å². The number of carbonyl (C=O) groups is 1. The Morgan fingerprint density at radius 1 is 0.686 bits per heavy atom. The van der Waals surface area contributed by atoms with E-state index in [2.05, 4.69) is 5.32 Å². The number of amides is 1. The molecule has 0 saturated carbocycles. The van der Waals surface area contributed by atoms with Crippen LogP contribution in [0, 0.1) is 0 Å². The highest BCUT2D eigenvalue weighted by molar-refractivity contribution is 5.73. The molecule has 16 nitrogen and oxygen atoms in total. The molecule has 0 radical (unpaired) electrons. The summed E-state index contributed by atoms with van der Waals surface area (Å²) < 4.78 is 26.8. The fraction of sp³-hybridized carbons (Fsp3) is 0.947. The van der Waals surface area contributed by atoms with Crippen LogP contribution in [-0.4, -0.2) is 158 Å². The lowest BCUT2D eigenvalue weighted by Gasteiger charge is -2.47. The number of ether oxygens (including phenoxy) is 5. The topological polar surface area (TPSA) is 257 Å². The van der Waals surface area contributed by atoms with Gasteiger partial charge in [0.1, 0.15) is 67.1 Å². The summed E-state index contributed by atoms with van der Waals surface area (Å²) in [6, 6.07) is -1.36. The van der Waals surface area contributed by atoms with E-state index in [9.17, 15) is 50.8 Å². The van der Waals surface area contributed by atoms with Crippen LogP contribution >= 0.6 is 0 Å². The molecule has 16 heteroatoms. The highest BCUT2D eigenvalue weighted by atomic mass is 16.7. The van der Waals surface area contributed by atoms with E-state index < -0.39 is 112 Å². The van der Waals surface area contributed by atoms with Gasteiger partial charge in [0.2, 0.25) is 5.91 Å². The summed E-state index contributed by atoms with van der Waals surface area (Å²) in [6.07, 6.45) is -20.3. The van der Waals surface area contributed by atoms with Crippen LogP contribution in [0.3, 0.4) is 0 Å². The van der Waals surface area contributed by atoms with Gasteiger partial charge < -0.3 is 75.0 Å². The number of hydrogen-bond donors (Lipinski definition) is 10. The Bertz CT molecular complexity index is 699. The lowest BCUT2D eigenvalue weighted by atomic mass is 9.95. The summed E-state index contributed by atoms with van der Waals surface area (Å²) in [5, 5.41) is 92.7. The summed E-state index contributed by atoms with van der Waals surface area (Å²) in [5.74, 6) is -0.619. The van der Waals surface area contributed by atoms with Crippen LogP contribution in [0.2, 0.25) is 0 Å². The Morgan fingerprint density at radius 2 is 1.17 bits per heavy atom. The van der Waals surface area contributed by atoms with Crippen LogP contribution in [-0.2, 0) is 28.5 Å². The number of hydrogen-bond acceptors (Lipinski definition) is 15. The van der Waals surface area contributed by atoms with Crippen molar-refractivity contribution in [3.63, 3.8) is 0 Å². The zero-order valence-corrected chi connectivity index (χ0v) is 18.7. The van der Waals surface area contributed by atoms with Crippen molar-refractivity contribution in [2.24, 2.45) is 0 Å². The van der Waals surface area contributed by atoms with E-state index >= 15 is 0 Å². The van der Waals surface area contributed by atoms with Crippen LogP contribution < -0.4 is 5.32 Å². The fourth-order valence-electron chi connectivity index (χ4n) is 4.26. The van der Waals surface area contributed by atoms with Crippen molar-refractivity contribution in [1.82, 2.24) is 5.32 Å². The third-order valence-corrected chi connectivity index (χ3v) is 6.14. The van der Waals surface area contributed by atoms with Crippen LogP contribution in [0.5, 0.6) is 0 Å². The molecule has 3 aliphatic rings. The summed E-state index contributed by atoms with van der Waals surface area (Å²) in [4.78, 5) is 11.6. The van der Waals surface area contributed by atoms with Crippen molar-refractivity contribution in [3.05, 3.63) is 0 Å². The molecule has 3 rings (SSSR count). The molecule has 0 aromatic carbocycles. The van der Waals surface area contributed by atoms with Crippen LogP contribution in [0.15, 0.2) is 0 Å². The van der Waals surface area contributed by atoms with Crippen LogP contribution in [0.1, 0.15) is 6.92 Å². The van der Waals surface area contributed by atoms with E-state index in [4.69, 9.17) is 23.7 Å². The van der Waals surface area contributed by atoms with Crippen LogP contribution in [0.25, 0.3) is 0 Å². The van der Waals surface area contributed by atoms with Gasteiger partial charge in [0.25, 0.3) is 0 Å². The first-order valence-electron chi connectivity index (χ1n) is 11.0. The molecule has 14 atom stereocenters. The normalized spacial score (nSPS) is 48.6. The molecule has 1 amide bonds. The maximum Gasteiger partial charge on any atom is 0.217 e. The monoisotopic (exact) mass is 515 g/mol. The van der Waals surface area contributed by atoms with E-state index in [0.717, 1.165) is 6.92 Å². The first-order valence-corrected chi connectivity index (χ1v) is 11.0. The molecule has 0 aliphatic carbocycles. The molecule has 3 saturated heterocycles. The van der Waals surface area contributed by atoms with Gasteiger partial charge in [-0.3, -0.25) is 4.79 Å². The molecular weight excluding hydrogens is 482 g/mol. The molecule has 3 fully saturated rings. The summed E-state index contributed by atoms with van der Waals surface area (Å²) in [6.45, 7) is -1.00. The van der Waals surface area contributed by atoms with E-state index in [1.54, 1.807) is 0 Å². The van der Waals surface area contributed by atoms with Gasteiger partial charge >= 0.3 is 0 Å². The quantitative estimate of drug-likeness (QED) is 0.144. The van der Waals surface area contributed by atoms with Crippen molar-refractivity contribution < 1.29 is 74.4 Å². The average molecular weight is 515 g/mol. The highest BCUT2D eigenvalue weighted by Crippen LogP contribution is 2.32. The standard InChI is InChI=1S/C19H33NO15/c1-5(24)20-9-16(11(26)7(3-22)31-17(9)30)35-19-14(29)12(27)15(8(4-23)33-19)34-18-13(28)10(25)6(2-21)32-18/h6-19,21-23,25-30H,2-4H2,1H3,(H,20,24)/t6-,7-,8-,9-,10-,11-,12-,13-,14-,15+,16-,17-,18+,19+/m1/s1. The van der Waals surface area contributed by atoms with Crippen LogP contribution in [0.4, 0.5) is 0 Å². The molecule has 204 valence electrons. The van der Waals surface area contributed by atoms with Gasteiger partial charge in [0.15, 0.2) is 18.9 Å². The third-order valence-electron chi connectivity index (χ3n) is 6.14. The van der Waals surface area contributed by atoms with Gasteiger partial charge in [-0.2, -0.15) is 0 Å². The van der Waals surface area contributed by atoms with E-state index in [0.29, 0.717) is 0 Å². The zero-order chi connectivity index (χ0) is 26.0. The SMILES string of the molecule is CC(=O)N[C@@H]1[C@@H](O[C@@H]2O[C@H](CO)[C@H](O[C@@H]3O[C@H](CO)[C@@H](O)[C@H]3O)[C@H](O)[C@H]2O)[C@H](O)[C@@H](CO)O[C@H]1O. The number of aliphatic hydroxyl groups is 9. The van der Waals surface area contributed by atoms with Gasteiger partial charge in [-0.05, 0) is 0 Å². The smallest absolute Gasteiger partial charge is 0.217 e. The first-order chi connectivity index (χ1) is 16.5. The van der Waals surface area contributed by atoms with Gasteiger partial charge in [-0.15, -0.1) is 0 Å². The Morgan fingerprint density at radius 3 is 1.69 bits per heavy atom. The number of carbonyl (C=O) groups excluding carboxylic acids is 1. The number of aliphatic hydroxyl groups excluding tert-OH is 9. The molecule has 35 heavy (non-hydrogen) atoms. The van der Waals surface area contributed by atoms with Gasteiger partial charge in [-0.1, -0.05) is 0 Å². The maximum atomic E-state index is 11.6. The van der Waals surface area contributed by atoms with Crippen molar-refractivity contribution in [2.75, 3.05) is 19.8 Å². The molecule has 0 bridgehead atoms. The van der Waals surface area contributed by atoms with E-state index in [1.165, 1.54) is 0 Å². The molecule has 0 aromatic rings. The Kier molecular flexibility index (Phi) is 9.74. The van der Waals surface area contributed by atoms with Gasteiger partial charge in [0.05, 0.1) is 19.8 Å².